The molecule has 0 aliphatic carbocycles. The molecule has 3 atom stereocenters. The average molecular weight is 505 g/mol. The van der Waals surface area contributed by atoms with Crippen LogP contribution in [0.1, 0.15) is 40.5 Å². The van der Waals surface area contributed by atoms with Crippen LogP contribution in [0.5, 0.6) is 0 Å². The fourth-order valence-corrected chi connectivity index (χ4v) is 4.04. The van der Waals surface area contributed by atoms with Crippen LogP contribution in [0.4, 0.5) is 4.79 Å². The third-order valence-corrected chi connectivity index (χ3v) is 6.04. The summed E-state index contributed by atoms with van der Waals surface area (Å²) < 4.78 is 17.1. The van der Waals surface area contributed by atoms with Crippen molar-refractivity contribution in [3.63, 3.8) is 0 Å². The van der Waals surface area contributed by atoms with Gasteiger partial charge in [-0.1, -0.05) is 39.5 Å². The lowest BCUT2D eigenvalue weighted by molar-refractivity contribution is -0.141. The number of hydrogen-bond acceptors (Lipinski definition) is 7. The smallest absolute Gasteiger partial charge is 0.407 e. The molecule has 10 nitrogen and oxygen atoms in total. The number of carbonyl (C=O) groups is 3. The molecule has 2 aliphatic rings. The van der Waals surface area contributed by atoms with Gasteiger partial charge in [-0.05, 0) is 31.4 Å². The zero-order valence-electron chi connectivity index (χ0n) is 22.0. The zero-order valence-corrected chi connectivity index (χ0v) is 22.0. The van der Waals surface area contributed by atoms with Crippen LogP contribution >= 0.6 is 0 Å². The predicted molar refractivity (Wildman–Crippen MR) is 136 cm³/mol. The summed E-state index contributed by atoms with van der Waals surface area (Å²) in [7, 11) is 1.81. The van der Waals surface area contributed by atoms with Crippen molar-refractivity contribution in [1.29, 1.82) is 0 Å². The molecule has 2 rings (SSSR count). The second kappa shape index (κ2) is 12.5. The first-order chi connectivity index (χ1) is 16.8. The largest absolute Gasteiger partial charge is 0.490 e. The van der Waals surface area contributed by atoms with E-state index in [1.807, 2.05) is 45.9 Å². The number of likely N-dealkylation sites (N-methyl/N-ethyl adjacent to an activating group) is 1. The molecular weight excluding hydrogens is 464 g/mol. The van der Waals surface area contributed by atoms with Gasteiger partial charge in [-0.2, -0.15) is 0 Å². The van der Waals surface area contributed by atoms with Crippen molar-refractivity contribution in [2.45, 2.75) is 58.7 Å². The Balaban J connectivity index is 2.31. The predicted octanol–water partition coefficient (Wildman–Crippen LogP) is 2.44. The first kappa shape index (κ1) is 28.8. The van der Waals surface area contributed by atoms with Gasteiger partial charge in [0.15, 0.2) is 5.88 Å². The second-order valence-electron chi connectivity index (χ2n) is 10.0. The maximum atomic E-state index is 13.6. The molecule has 200 valence electrons. The summed E-state index contributed by atoms with van der Waals surface area (Å²) in [6.45, 7) is 16.4. The fourth-order valence-electron chi connectivity index (χ4n) is 4.04. The monoisotopic (exact) mass is 504 g/mol. The first-order valence-corrected chi connectivity index (χ1v) is 12.1. The van der Waals surface area contributed by atoms with Gasteiger partial charge in [-0.3, -0.25) is 9.59 Å². The van der Waals surface area contributed by atoms with E-state index in [4.69, 9.17) is 19.9 Å². The van der Waals surface area contributed by atoms with Crippen molar-refractivity contribution in [1.82, 2.24) is 15.1 Å². The van der Waals surface area contributed by atoms with Gasteiger partial charge in [-0.25, -0.2) is 4.79 Å². The summed E-state index contributed by atoms with van der Waals surface area (Å²) in [4.78, 5) is 41.4. The van der Waals surface area contributed by atoms with Crippen molar-refractivity contribution in [3.05, 3.63) is 48.6 Å². The number of cyclic esters (lactones) is 1. The third-order valence-electron chi connectivity index (χ3n) is 6.04. The van der Waals surface area contributed by atoms with E-state index in [2.05, 4.69) is 18.5 Å². The van der Waals surface area contributed by atoms with Crippen LogP contribution in [-0.4, -0.2) is 79.2 Å². The Kier molecular flexibility index (Phi) is 10.0. The van der Waals surface area contributed by atoms with E-state index in [0.29, 0.717) is 31.2 Å². The average Bonchev–Trinajstić information content (AvgIpc) is 3.21. The molecule has 0 radical (unpaired) electrons. The van der Waals surface area contributed by atoms with Crippen LogP contribution in [0.3, 0.4) is 0 Å². The van der Waals surface area contributed by atoms with Crippen molar-refractivity contribution < 1.29 is 28.6 Å². The van der Waals surface area contributed by atoms with Gasteiger partial charge in [-0.15, -0.1) is 0 Å². The standard InChI is InChI=1S/C26H40N4O6/c1-8-21-17(2)15-29(7)18(3)36-19-14-20(23(27)31)30(16-19)24(32)22(26(4,5)6)28-25(33)35-13-11-9-10-12-34-21/h8-10,19-20,22H,2-3,11-16H2,1,4-7H3,(H2,27,31)(H,28,33). The number of alkyl carbamates (subject to hydrolysis) is 1. The van der Waals surface area contributed by atoms with E-state index in [9.17, 15) is 14.4 Å². The molecule has 0 aromatic carbocycles. The summed E-state index contributed by atoms with van der Waals surface area (Å²) in [5.74, 6) is -0.0653. The number of rotatable bonds is 1. The molecule has 2 aliphatic heterocycles. The molecule has 0 spiro atoms. The Hall–Kier alpha value is -3.43. The molecule has 2 bridgehead atoms. The topological polar surface area (TPSA) is 123 Å². The number of ether oxygens (including phenoxy) is 3. The van der Waals surface area contributed by atoms with E-state index < -0.39 is 41.5 Å². The van der Waals surface area contributed by atoms with Gasteiger partial charge >= 0.3 is 6.09 Å². The van der Waals surface area contributed by atoms with Crippen LogP contribution in [-0.2, 0) is 23.8 Å². The normalized spacial score (nSPS) is 26.7. The lowest BCUT2D eigenvalue weighted by atomic mass is 9.85. The van der Waals surface area contributed by atoms with E-state index in [1.165, 1.54) is 4.90 Å². The molecule has 1 saturated heterocycles. The number of hydrogen-bond donors (Lipinski definition) is 2. The van der Waals surface area contributed by atoms with E-state index in [-0.39, 0.29) is 19.6 Å². The molecule has 10 heteroatoms. The SMILES string of the molecule is C=C1CN(C)C(=C)OC2CC(C(N)=O)N(C2)C(=O)C(C(C)(C)C)NC(=O)OCCC=CCOC1=CC. The Morgan fingerprint density at radius 3 is 2.53 bits per heavy atom. The zero-order chi connectivity index (χ0) is 27.0. The van der Waals surface area contributed by atoms with E-state index >= 15 is 0 Å². The fraction of sp³-hybridized carbons (Fsp3) is 0.577. The summed E-state index contributed by atoms with van der Waals surface area (Å²) in [6.07, 6.45) is 4.98. The van der Waals surface area contributed by atoms with Crippen molar-refractivity contribution in [2.75, 3.05) is 33.4 Å². The maximum absolute atomic E-state index is 13.6. The van der Waals surface area contributed by atoms with Crippen LogP contribution in [0, 0.1) is 5.41 Å². The van der Waals surface area contributed by atoms with Gasteiger partial charge < -0.3 is 35.1 Å². The summed E-state index contributed by atoms with van der Waals surface area (Å²) >= 11 is 0. The van der Waals surface area contributed by atoms with Crippen molar-refractivity contribution in [2.24, 2.45) is 11.1 Å². The Labute approximate surface area is 213 Å². The van der Waals surface area contributed by atoms with Gasteiger partial charge in [0.05, 0.1) is 13.2 Å². The van der Waals surface area contributed by atoms with Crippen LogP contribution < -0.4 is 11.1 Å². The molecule has 36 heavy (non-hydrogen) atoms. The van der Waals surface area contributed by atoms with Crippen molar-refractivity contribution in [3.8, 4) is 0 Å². The number of nitrogens with zero attached hydrogens (tertiary/aromatic N) is 2. The highest BCUT2D eigenvalue weighted by Crippen LogP contribution is 2.28. The number of allylic oxidation sites excluding steroid dienone is 1. The van der Waals surface area contributed by atoms with Gasteiger partial charge in [0.1, 0.15) is 30.6 Å². The summed E-state index contributed by atoms with van der Waals surface area (Å²) in [5, 5.41) is 2.67. The third kappa shape index (κ3) is 7.79. The minimum Gasteiger partial charge on any atom is -0.490 e. The summed E-state index contributed by atoms with van der Waals surface area (Å²) in [5.41, 5.74) is 5.72. The lowest BCUT2D eigenvalue weighted by Crippen LogP contribution is -2.57. The number of primary amides is 1. The molecule has 2 heterocycles. The van der Waals surface area contributed by atoms with Crippen LogP contribution in [0.25, 0.3) is 0 Å². The van der Waals surface area contributed by atoms with Gasteiger partial charge in [0.25, 0.3) is 0 Å². The Morgan fingerprint density at radius 1 is 1.22 bits per heavy atom. The van der Waals surface area contributed by atoms with Crippen LogP contribution in [0.15, 0.2) is 48.6 Å². The van der Waals surface area contributed by atoms with Crippen LogP contribution in [0.2, 0.25) is 0 Å². The molecule has 3 N–H and O–H groups in total. The first-order valence-electron chi connectivity index (χ1n) is 12.1. The molecule has 0 aromatic rings. The highest BCUT2D eigenvalue weighted by Gasteiger charge is 2.45. The molecule has 0 saturated carbocycles. The van der Waals surface area contributed by atoms with Gasteiger partial charge in [0.2, 0.25) is 11.8 Å². The number of carbonyl (C=O) groups excluding carboxylic acids is 3. The molecular formula is C26H40N4O6. The highest BCUT2D eigenvalue weighted by molar-refractivity contribution is 5.92. The second-order valence-corrected chi connectivity index (χ2v) is 10.0. The minimum atomic E-state index is -0.936. The molecule has 3 amide bonds. The number of nitrogens with one attached hydrogen (secondary N) is 1. The number of fused-ring (bicyclic) bond motifs is 2. The Bertz CT molecular complexity index is 920. The highest BCUT2D eigenvalue weighted by atomic mass is 16.5. The summed E-state index contributed by atoms with van der Waals surface area (Å²) in [6, 6.07) is -1.81. The number of amides is 3. The van der Waals surface area contributed by atoms with Gasteiger partial charge in [0, 0.05) is 25.6 Å². The lowest BCUT2D eigenvalue weighted by Gasteiger charge is -2.34. The molecule has 0 aromatic heterocycles. The molecule has 1 fully saturated rings. The Morgan fingerprint density at radius 2 is 1.92 bits per heavy atom. The van der Waals surface area contributed by atoms with Crippen molar-refractivity contribution >= 4 is 17.9 Å². The minimum absolute atomic E-state index is 0.123. The maximum Gasteiger partial charge on any atom is 0.407 e. The molecule has 3 unspecified atom stereocenters. The number of nitrogens with two attached hydrogens (primary N) is 1. The van der Waals surface area contributed by atoms with E-state index in [0.717, 1.165) is 5.57 Å². The van der Waals surface area contributed by atoms with E-state index in [1.54, 1.807) is 11.9 Å². The quantitative estimate of drug-likeness (QED) is 0.526.